The Bertz CT molecular complexity index is 886. The zero-order valence-corrected chi connectivity index (χ0v) is 14.4. The number of carbonyl (C=O) groups is 2. The van der Waals surface area contributed by atoms with Crippen LogP contribution in [-0.2, 0) is 14.6 Å². The Morgan fingerprint density at radius 2 is 2.00 bits per heavy atom. The number of aliphatic carboxylic acids is 1. The maximum absolute atomic E-state index is 12.5. The molecule has 0 aliphatic heterocycles. The summed E-state index contributed by atoms with van der Waals surface area (Å²) in [7, 11) is -3.65. The monoisotopic (exact) mass is 353 g/mol. The van der Waals surface area contributed by atoms with E-state index in [2.05, 4.69) is 10.3 Å². The number of carbonyl (C=O) groups excluding carboxylic acids is 1. The van der Waals surface area contributed by atoms with Gasteiger partial charge in [0, 0.05) is 12.5 Å². The van der Waals surface area contributed by atoms with E-state index in [0.717, 1.165) is 6.26 Å². The Hall–Kier alpha value is -2.42. The molecule has 0 aliphatic rings. The van der Waals surface area contributed by atoms with Gasteiger partial charge in [0.2, 0.25) is 15.0 Å². The maximum Gasteiger partial charge on any atom is 0.326 e. The van der Waals surface area contributed by atoms with Crippen LogP contribution < -0.4 is 5.32 Å². The first-order valence-corrected chi connectivity index (χ1v) is 9.21. The molecule has 0 fully saturated rings. The molecule has 1 atom stereocenters. The Labute approximate surface area is 139 Å². The van der Waals surface area contributed by atoms with Crippen molar-refractivity contribution in [2.75, 3.05) is 6.26 Å². The van der Waals surface area contributed by atoms with Crippen molar-refractivity contribution in [2.45, 2.75) is 31.5 Å². The highest BCUT2D eigenvalue weighted by Crippen LogP contribution is 2.17. The van der Waals surface area contributed by atoms with E-state index in [0.29, 0.717) is 5.52 Å². The smallest absolute Gasteiger partial charge is 0.326 e. The van der Waals surface area contributed by atoms with E-state index in [4.69, 9.17) is 0 Å². The third-order valence-electron chi connectivity index (χ3n) is 3.37. The summed E-state index contributed by atoms with van der Waals surface area (Å²) in [5.74, 6) is -1.80. The molecule has 1 amide bonds. The predicted octanol–water partition coefficient (Wildman–Crippen LogP) is 0.967. The molecule has 0 aromatic carbocycles. The molecule has 9 heteroatoms. The molecule has 2 N–H and O–H groups in total. The summed E-state index contributed by atoms with van der Waals surface area (Å²) >= 11 is 0. The minimum Gasteiger partial charge on any atom is -0.480 e. The number of fused-ring (bicyclic) bond motifs is 1. The SMILES string of the molecule is CC(C)CC(NC(=O)c1nc(S(C)(=O)=O)n2ccccc12)C(=O)O. The number of hydrogen-bond donors (Lipinski definition) is 2. The fourth-order valence-electron chi connectivity index (χ4n) is 2.36. The molecule has 0 aliphatic carbocycles. The predicted molar refractivity (Wildman–Crippen MR) is 86.6 cm³/mol. The molecule has 24 heavy (non-hydrogen) atoms. The number of nitrogens with zero attached hydrogens (tertiary/aromatic N) is 2. The highest BCUT2D eigenvalue weighted by atomic mass is 32.2. The second kappa shape index (κ2) is 6.60. The minimum atomic E-state index is -3.65. The van der Waals surface area contributed by atoms with Crippen LogP contribution in [0.5, 0.6) is 0 Å². The van der Waals surface area contributed by atoms with E-state index in [1.54, 1.807) is 18.2 Å². The summed E-state index contributed by atoms with van der Waals surface area (Å²) in [4.78, 5) is 27.7. The van der Waals surface area contributed by atoms with Crippen LogP contribution in [0.25, 0.3) is 5.52 Å². The summed E-state index contributed by atoms with van der Waals surface area (Å²) in [5, 5.41) is 11.4. The fourth-order valence-corrected chi connectivity index (χ4v) is 3.13. The lowest BCUT2D eigenvalue weighted by molar-refractivity contribution is -0.139. The lowest BCUT2D eigenvalue weighted by Crippen LogP contribution is -2.41. The third kappa shape index (κ3) is 3.73. The largest absolute Gasteiger partial charge is 0.480 e. The topological polar surface area (TPSA) is 118 Å². The number of rotatable bonds is 6. The Morgan fingerprint density at radius 3 is 2.54 bits per heavy atom. The maximum atomic E-state index is 12.5. The molecule has 1 unspecified atom stereocenters. The molecular formula is C15H19N3O5S. The first-order valence-electron chi connectivity index (χ1n) is 7.32. The number of carboxylic acids is 1. The van der Waals surface area contributed by atoms with E-state index in [-0.39, 0.29) is 23.2 Å². The fraction of sp³-hybridized carbons (Fsp3) is 0.400. The third-order valence-corrected chi connectivity index (χ3v) is 4.32. The quantitative estimate of drug-likeness (QED) is 0.799. The van der Waals surface area contributed by atoms with Gasteiger partial charge in [-0.05, 0) is 24.5 Å². The number of amides is 1. The summed E-state index contributed by atoms with van der Waals surface area (Å²) < 4.78 is 25.0. The summed E-state index contributed by atoms with van der Waals surface area (Å²) in [5.41, 5.74) is 0.176. The van der Waals surface area contributed by atoms with Gasteiger partial charge in [-0.1, -0.05) is 19.9 Å². The zero-order valence-electron chi connectivity index (χ0n) is 13.6. The summed E-state index contributed by atoms with van der Waals surface area (Å²) in [6.07, 6.45) is 2.74. The highest BCUT2D eigenvalue weighted by Gasteiger charge is 2.26. The van der Waals surface area contributed by atoms with Gasteiger partial charge in [0.1, 0.15) is 6.04 Å². The van der Waals surface area contributed by atoms with E-state index in [1.165, 1.54) is 10.6 Å². The van der Waals surface area contributed by atoms with Gasteiger partial charge in [0.05, 0.1) is 5.52 Å². The van der Waals surface area contributed by atoms with Crippen molar-refractivity contribution < 1.29 is 23.1 Å². The Morgan fingerprint density at radius 1 is 1.33 bits per heavy atom. The van der Waals surface area contributed by atoms with Crippen molar-refractivity contribution in [1.82, 2.24) is 14.7 Å². The van der Waals surface area contributed by atoms with Crippen molar-refractivity contribution >= 4 is 27.2 Å². The molecule has 2 aromatic rings. The second-order valence-corrected chi connectivity index (χ2v) is 7.87. The average Bonchev–Trinajstić information content (AvgIpc) is 2.85. The molecular weight excluding hydrogens is 334 g/mol. The molecule has 0 saturated heterocycles. The van der Waals surface area contributed by atoms with Crippen molar-refractivity contribution in [3.8, 4) is 0 Å². The highest BCUT2D eigenvalue weighted by molar-refractivity contribution is 7.90. The number of carboxylic acid groups (broad SMARTS) is 1. The number of imidazole rings is 1. The average molecular weight is 353 g/mol. The number of sulfone groups is 1. The van der Waals surface area contributed by atoms with Crippen LogP contribution in [0.15, 0.2) is 29.6 Å². The molecule has 8 nitrogen and oxygen atoms in total. The molecule has 0 radical (unpaired) electrons. The number of pyridine rings is 1. The van der Waals surface area contributed by atoms with E-state index >= 15 is 0 Å². The van der Waals surface area contributed by atoms with Crippen LogP contribution in [0.2, 0.25) is 0 Å². The van der Waals surface area contributed by atoms with Gasteiger partial charge < -0.3 is 10.4 Å². The van der Waals surface area contributed by atoms with Crippen molar-refractivity contribution in [3.63, 3.8) is 0 Å². The van der Waals surface area contributed by atoms with Crippen LogP contribution in [0.4, 0.5) is 0 Å². The molecule has 2 heterocycles. The second-order valence-electron chi connectivity index (χ2n) is 5.96. The normalized spacial score (nSPS) is 13.2. The minimum absolute atomic E-state index is 0.0664. The summed E-state index contributed by atoms with van der Waals surface area (Å²) in [6.45, 7) is 3.69. The van der Waals surface area contributed by atoms with Crippen LogP contribution >= 0.6 is 0 Å². The van der Waals surface area contributed by atoms with Gasteiger partial charge in [0.25, 0.3) is 5.91 Å². The molecule has 2 aromatic heterocycles. The molecule has 0 spiro atoms. The molecule has 130 valence electrons. The first kappa shape index (κ1) is 17.9. The summed E-state index contributed by atoms with van der Waals surface area (Å²) in [6, 6.07) is 3.74. The van der Waals surface area contributed by atoms with Gasteiger partial charge in [-0.3, -0.25) is 9.20 Å². The van der Waals surface area contributed by atoms with Crippen LogP contribution in [0.3, 0.4) is 0 Å². The van der Waals surface area contributed by atoms with Crippen LogP contribution in [0, 0.1) is 5.92 Å². The number of hydrogen-bond acceptors (Lipinski definition) is 5. The van der Waals surface area contributed by atoms with Gasteiger partial charge in [-0.2, -0.15) is 0 Å². The van der Waals surface area contributed by atoms with Crippen molar-refractivity contribution in [1.29, 1.82) is 0 Å². The number of nitrogens with one attached hydrogen (secondary N) is 1. The van der Waals surface area contributed by atoms with E-state index in [1.807, 2.05) is 13.8 Å². The molecule has 2 rings (SSSR count). The lowest BCUT2D eigenvalue weighted by Gasteiger charge is -2.15. The number of aromatic nitrogens is 2. The Kier molecular flexibility index (Phi) is 4.93. The van der Waals surface area contributed by atoms with E-state index in [9.17, 15) is 23.1 Å². The lowest BCUT2D eigenvalue weighted by atomic mass is 10.0. The zero-order chi connectivity index (χ0) is 18.1. The van der Waals surface area contributed by atoms with Gasteiger partial charge in [0.15, 0.2) is 5.69 Å². The Balaban J connectivity index is 2.45. The molecule has 0 saturated carbocycles. The van der Waals surface area contributed by atoms with Crippen molar-refractivity contribution in [3.05, 3.63) is 30.1 Å². The first-order chi connectivity index (χ1) is 11.1. The standard InChI is InChI=1S/C15H19N3O5S/c1-9(2)8-10(14(20)21)16-13(19)12-11-6-4-5-7-18(11)15(17-12)24(3,22)23/h4-7,9-10H,8H2,1-3H3,(H,16,19)(H,20,21). The van der Waals surface area contributed by atoms with Gasteiger partial charge >= 0.3 is 5.97 Å². The van der Waals surface area contributed by atoms with Gasteiger partial charge in [-0.15, -0.1) is 0 Å². The van der Waals surface area contributed by atoms with Crippen molar-refractivity contribution in [2.24, 2.45) is 5.92 Å². The van der Waals surface area contributed by atoms with E-state index < -0.39 is 27.8 Å². The van der Waals surface area contributed by atoms with Gasteiger partial charge in [-0.25, -0.2) is 18.2 Å². The molecule has 0 bridgehead atoms. The van der Waals surface area contributed by atoms with Crippen LogP contribution in [0.1, 0.15) is 30.8 Å². The van der Waals surface area contributed by atoms with Crippen LogP contribution in [-0.4, -0.2) is 47.1 Å².